The van der Waals surface area contributed by atoms with Gasteiger partial charge in [-0.25, -0.2) is 5.43 Å². The number of fused-ring (bicyclic) bond motifs is 1. The first-order chi connectivity index (χ1) is 13.6. The van der Waals surface area contributed by atoms with Crippen molar-refractivity contribution in [1.82, 2.24) is 5.43 Å². The summed E-state index contributed by atoms with van der Waals surface area (Å²) >= 11 is 2.17. The van der Waals surface area contributed by atoms with Crippen LogP contribution in [0.4, 0.5) is 0 Å². The van der Waals surface area contributed by atoms with E-state index in [-0.39, 0.29) is 5.91 Å². The van der Waals surface area contributed by atoms with E-state index in [0.717, 1.165) is 19.9 Å². The second-order valence-corrected chi connectivity index (χ2v) is 7.06. The largest absolute Gasteiger partial charge is 0.493 e. The van der Waals surface area contributed by atoms with Crippen molar-refractivity contribution in [3.8, 4) is 11.5 Å². The first-order valence-corrected chi connectivity index (χ1v) is 9.63. The molecule has 5 nitrogen and oxygen atoms in total. The van der Waals surface area contributed by atoms with Gasteiger partial charge in [0.25, 0.3) is 5.91 Å². The number of hydrogen-bond acceptors (Lipinski definition) is 4. The van der Waals surface area contributed by atoms with Crippen LogP contribution in [0.15, 0.2) is 72.4 Å². The zero-order chi connectivity index (χ0) is 19.9. The fourth-order valence-corrected chi connectivity index (χ4v) is 3.44. The van der Waals surface area contributed by atoms with Gasteiger partial charge in [0.1, 0.15) is 6.61 Å². The molecule has 0 atom stereocenters. The summed E-state index contributed by atoms with van der Waals surface area (Å²) in [7, 11) is 1.58. The zero-order valence-electron chi connectivity index (χ0n) is 15.3. The van der Waals surface area contributed by atoms with Gasteiger partial charge >= 0.3 is 0 Å². The predicted molar refractivity (Wildman–Crippen MR) is 120 cm³/mol. The third-order valence-electron chi connectivity index (χ3n) is 3.99. The van der Waals surface area contributed by atoms with Crippen molar-refractivity contribution in [3.05, 3.63) is 81.9 Å². The number of halogens is 1. The van der Waals surface area contributed by atoms with Crippen molar-refractivity contribution in [2.24, 2.45) is 5.10 Å². The number of hydrogen-bond donors (Lipinski definition) is 1. The highest BCUT2D eigenvalue weighted by molar-refractivity contribution is 14.1. The SMILES string of the molecule is C=CCOc1c(I)cc(/C=N\NC(=O)c2ccc3ccccc3c2)cc1OC. The summed E-state index contributed by atoms with van der Waals surface area (Å²) in [5.41, 5.74) is 3.90. The highest BCUT2D eigenvalue weighted by Gasteiger charge is 2.11. The van der Waals surface area contributed by atoms with E-state index >= 15 is 0 Å². The third-order valence-corrected chi connectivity index (χ3v) is 4.79. The Morgan fingerprint density at radius 3 is 2.71 bits per heavy atom. The van der Waals surface area contributed by atoms with Crippen LogP contribution >= 0.6 is 22.6 Å². The number of benzene rings is 3. The number of nitrogens with zero attached hydrogens (tertiary/aromatic N) is 1. The molecule has 28 heavy (non-hydrogen) atoms. The van der Waals surface area contributed by atoms with Gasteiger partial charge in [0, 0.05) is 5.56 Å². The minimum Gasteiger partial charge on any atom is -0.493 e. The Bertz CT molecular complexity index is 1050. The lowest BCUT2D eigenvalue weighted by atomic mass is 10.1. The van der Waals surface area contributed by atoms with Crippen LogP contribution in [-0.4, -0.2) is 25.8 Å². The zero-order valence-corrected chi connectivity index (χ0v) is 17.5. The highest BCUT2D eigenvalue weighted by atomic mass is 127. The normalized spacial score (nSPS) is 10.8. The number of amides is 1. The summed E-state index contributed by atoms with van der Waals surface area (Å²) in [6, 6.07) is 17.1. The summed E-state index contributed by atoms with van der Waals surface area (Å²) < 4.78 is 11.9. The van der Waals surface area contributed by atoms with E-state index < -0.39 is 0 Å². The van der Waals surface area contributed by atoms with Crippen LogP contribution in [0.3, 0.4) is 0 Å². The molecule has 0 bridgehead atoms. The van der Waals surface area contributed by atoms with Gasteiger partial charge in [-0.2, -0.15) is 5.10 Å². The van der Waals surface area contributed by atoms with E-state index in [0.29, 0.717) is 23.7 Å². The smallest absolute Gasteiger partial charge is 0.271 e. The molecule has 142 valence electrons. The Hall–Kier alpha value is -2.87. The lowest BCUT2D eigenvalue weighted by Crippen LogP contribution is -2.17. The molecule has 0 radical (unpaired) electrons. The molecule has 0 saturated carbocycles. The van der Waals surface area contributed by atoms with Crippen LogP contribution in [0.1, 0.15) is 15.9 Å². The Morgan fingerprint density at radius 2 is 1.96 bits per heavy atom. The van der Waals surface area contributed by atoms with Crippen LogP contribution in [0.2, 0.25) is 0 Å². The van der Waals surface area contributed by atoms with Crippen molar-refractivity contribution in [3.63, 3.8) is 0 Å². The van der Waals surface area contributed by atoms with Gasteiger partial charge in [-0.1, -0.05) is 43.0 Å². The van der Waals surface area contributed by atoms with Crippen LogP contribution in [0, 0.1) is 3.57 Å². The fraction of sp³-hybridized carbons (Fsp3) is 0.0909. The molecule has 3 aromatic rings. The van der Waals surface area contributed by atoms with Crippen molar-refractivity contribution < 1.29 is 14.3 Å². The van der Waals surface area contributed by atoms with Crippen molar-refractivity contribution in [1.29, 1.82) is 0 Å². The van der Waals surface area contributed by atoms with Crippen LogP contribution in [0.5, 0.6) is 11.5 Å². The van der Waals surface area contributed by atoms with Crippen molar-refractivity contribution >= 4 is 45.5 Å². The quantitative estimate of drug-likeness (QED) is 0.226. The molecule has 0 spiro atoms. The van der Waals surface area contributed by atoms with Crippen LogP contribution in [0.25, 0.3) is 10.8 Å². The monoisotopic (exact) mass is 486 g/mol. The van der Waals surface area contributed by atoms with Gasteiger partial charge in [0.05, 0.1) is 16.9 Å². The van der Waals surface area contributed by atoms with Gasteiger partial charge < -0.3 is 9.47 Å². The van der Waals surface area contributed by atoms with E-state index in [4.69, 9.17) is 9.47 Å². The van der Waals surface area contributed by atoms with E-state index in [1.54, 1.807) is 31.5 Å². The maximum Gasteiger partial charge on any atom is 0.271 e. The van der Waals surface area contributed by atoms with Crippen molar-refractivity contribution in [2.75, 3.05) is 13.7 Å². The number of carbonyl (C=O) groups excluding carboxylic acids is 1. The summed E-state index contributed by atoms with van der Waals surface area (Å²) in [5.74, 6) is 0.978. The molecular formula is C22H19IN2O3. The minimum absolute atomic E-state index is 0.269. The lowest BCUT2D eigenvalue weighted by Gasteiger charge is -2.12. The number of hydrazone groups is 1. The minimum atomic E-state index is -0.269. The van der Waals surface area contributed by atoms with Crippen LogP contribution < -0.4 is 14.9 Å². The number of ether oxygens (including phenoxy) is 2. The molecule has 1 N–H and O–H groups in total. The van der Waals surface area contributed by atoms with E-state index in [2.05, 4.69) is 39.7 Å². The van der Waals surface area contributed by atoms with Gasteiger partial charge in [-0.05, 0) is 63.2 Å². The molecule has 0 heterocycles. The van der Waals surface area contributed by atoms with Gasteiger partial charge in [0.2, 0.25) is 0 Å². The van der Waals surface area contributed by atoms with E-state index in [1.807, 2.05) is 42.5 Å². The molecule has 0 aliphatic carbocycles. The molecule has 0 aliphatic heterocycles. The maximum atomic E-state index is 12.4. The Kier molecular flexibility index (Phi) is 6.65. The Morgan fingerprint density at radius 1 is 1.18 bits per heavy atom. The third kappa shape index (κ3) is 4.69. The first-order valence-electron chi connectivity index (χ1n) is 8.56. The molecule has 1 amide bonds. The second-order valence-electron chi connectivity index (χ2n) is 5.89. The molecule has 0 aromatic heterocycles. The van der Waals surface area contributed by atoms with E-state index in [1.165, 1.54) is 0 Å². The maximum absolute atomic E-state index is 12.4. The lowest BCUT2D eigenvalue weighted by molar-refractivity contribution is 0.0955. The molecule has 0 saturated heterocycles. The van der Waals surface area contributed by atoms with Gasteiger partial charge in [-0.3, -0.25) is 4.79 Å². The summed E-state index contributed by atoms with van der Waals surface area (Å²) in [6.07, 6.45) is 3.24. The molecule has 3 rings (SSSR count). The van der Waals surface area contributed by atoms with Crippen LogP contribution in [-0.2, 0) is 0 Å². The standard InChI is InChI=1S/C22H19IN2O3/c1-3-10-28-21-19(23)11-15(12-20(21)27-2)14-24-25-22(26)18-9-8-16-6-4-5-7-17(16)13-18/h3-9,11-14H,1,10H2,2H3,(H,25,26)/b24-14-. The molecule has 0 aliphatic rings. The highest BCUT2D eigenvalue weighted by Crippen LogP contribution is 2.33. The van der Waals surface area contributed by atoms with Crippen molar-refractivity contribution in [2.45, 2.75) is 0 Å². The number of rotatable bonds is 7. The number of carbonyl (C=O) groups is 1. The summed E-state index contributed by atoms with van der Waals surface area (Å²) in [6.45, 7) is 4.04. The number of nitrogens with one attached hydrogen (secondary N) is 1. The predicted octanol–water partition coefficient (Wildman–Crippen LogP) is 4.78. The molecule has 6 heteroatoms. The Labute approximate surface area is 177 Å². The fourth-order valence-electron chi connectivity index (χ4n) is 2.66. The number of methoxy groups -OCH3 is 1. The van der Waals surface area contributed by atoms with Gasteiger partial charge in [0.15, 0.2) is 11.5 Å². The molecule has 0 unspecified atom stereocenters. The average Bonchev–Trinajstić information content (AvgIpc) is 2.72. The second kappa shape index (κ2) is 9.36. The average molecular weight is 486 g/mol. The summed E-state index contributed by atoms with van der Waals surface area (Å²) in [5, 5.41) is 6.16. The Balaban J connectivity index is 1.73. The topological polar surface area (TPSA) is 59.9 Å². The van der Waals surface area contributed by atoms with Gasteiger partial charge in [-0.15, -0.1) is 0 Å². The summed E-state index contributed by atoms with van der Waals surface area (Å²) in [4.78, 5) is 12.4. The molecular weight excluding hydrogens is 467 g/mol. The molecule has 0 fully saturated rings. The van der Waals surface area contributed by atoms with E-state index in [9.17, 15) is 4.79 Å². The molecule has 3 aromatic carbocycles. The first kappa shape index (κ1) is 19.9.